The fourth-order valence-corrected chi connectivity index (χ4v) is 3.42. The molecule has 0 aromatic heterocycles. The molecule has 0 radical (unpaired) electrons. The van der Waals surface area contributed by atoms with E-state index in [9.17, 15) is 4.79 Å². The van der Waals surface area contributed by atoms with Gasteiger partial charge in [-0.3, -0.25) is 4.79 Å². The monoisotopic (exact) mass is 287 g/mol. The van der Waals surface area contributed by atoms with Crippen LogP contribution < -0.4 is 10.6 Å². The van der Waals surface area contributed by atoms with Crippen LogP contribution in [0.1, 0.15) is 36.9 Å². The van der Waals surface area contributed by atoms with E-state index < -0.39 is 0 Å². The number of nitrogens with zero attached hydrogens (tertiary/aromatic N) is 1. The first-order chi connectivity index (χ1) is 10.3. The Labute approximate surface area is 126 Å². The van der Waals surface area contributed by atoms with Gasteiger partial charge >= 0.3 is 0 Å². The molecule has 0 spiro atoms. The Balaban J connectivity index is 1.62. The minimum absolute atomic E-state index is 0.136. The molecule has 21 heavy (non-hydrogen) atoms. The van der Waals surface area contributed by atoms with Crippen molar-refractivity contribution in [3.8, 4) is 0 Å². The highest BCUT2D eigenvalue weighted by Gasteiger charge is 2.28. The van der Waals surface area contributed by atoms with Gasteiger partial charge in [0.15, 0.2) is 0 Å². The van der Waals surface area contributed by atoms with E-state index >= 15 is 0 Å². The van der Waals surface area contributed by atoms with Crippen LogP contribution >= 0.6 is 0 Å². The standard InChI is InChI=1S/C17H25N3O/c1-2-20-11-8-14(9-12-20)19-17(21)16-15-6-4-3-5-13(15)7-10-18-16/h3-6,14,16,18H,2,7-12H2,1H3,(H,19,21). The molecule has 114 valence electrons. The molecular weight excluding hydrogens is 262 g/mol. The van der Waals surface area contributed by atoms with Crippen LogP contribution in [0.2, 0.25) is 0 Å². The SMILES string of the molecule is CCN1CCC(NC(=O)C2NCCc3ccccc32)CC1. The first kappa shape index (κ1) is 14.5. The van der Waals surface area contributed by atoms with E-state index in [1.807, 2.05) is 6.07 Å². The summed E-state index contributed by atoms with van der Waals surface area (Å²) in [5.41, 5.74) is 2.45. The average molecular weight is 287 g/mol. The zero-order valence-corrected chi connectivity index (χ0v) is 12.8. The number of nitrogens with one attached hydrogen (secondary N) is 2. The first-order valence-electron chi connectivity index (χ1n) is 8.12. The van der Waals surface area contributed by atoms with Crippen LogP contribution in [0.5, 0.6) is 0 Å². The van der Waals surface area contributed by atoms with Crippen LogP contribution in [-0.4, -0.2) is 43.0 Å². The van der Waals surface area contributed by atoms with Gasteiger partial charge in [-0.2, -0.15) is 0 Å². The van der Waals surface area contributed by atoms with E-state index in [1.165, 1.54) is 5.56 Å². The summed E-state index contributed by atoms with van der Waals surface area (Å²) in [6.07, 6.45) is 3.14. The van der Waals surface area contributed by atoms with Crippen molar-refractivity contribution in [1.29, 1.82) is 0 Å². The molecule has 0 bridgehead atoms. The van der Waals surface area contributed by atoms with Crippen molar-refractivity contribution < 1.29 is 4.79 Å². The highest BCUT2D eigenvalue weighted by Crippen LogP contribution is 2.23. The topological polar surface area (TPSA) is 44.4 Å². The number of rotatable bonds is 3. The van der Waals surface area contributed by atoms with Crippen molar-refractivity contribution >= 4 is 5.91 Å². The second-order valence-corrected chi connectivity index (χ2v) is 6.05. The van der Waals surface area contributed by atoms with Gasteiger partial charge in [0.25, 0.3) is 0 Å². The number of benzene rings is 1. The normalized spacial score (nSPS) is 23.6. The maximum Gasteiger partial charge on any atom is 0.241 e. The Morgan fingerprint density at radius 1 is 1.33 bits per heavy atom. The van der Waals surface area contributed by atoms with Crippen molar-refractivity contribution in [2.24, 2.45) is 0 Å². The summed E-state index contributed by atoms with van der Waals surface area (Å²) in [6.45, 7) is 6.37. The highest BCUT2D eigenvalue weighted by atomic mass is 16.2. The number of carbonyl (C=O) groups excluding carboxylic acids is 1. The van der Waals surface area contributed by atoms with Gasteiger partial charge in [-0.25, -0.2) is 0 Å². The molecule has 4 heteroatoms. The summed E-state index contributed by atoms with van der Waals surface area (Å²) < 4.78 is 0. The molecule has 2 aliphatic heterocycles. The largest absolute Gasteiger partial charge is 0.352 e. The quantitative estimate of drug-likeness (QED) is 0.885. The molecule has 1 aromatic rings. The summed E-state index contributed by atoms with van der Waals surface area (Å²) in [7, 11) is 0. The van der Waals surface area contributed by atoms with Gasteiger partial charge in [0.1, 0.15) is 6.04 Å². The van der Waals surface area contributed by atoms with E-state index in [0.29, 0.717) is 6.04 Å². The molecule has 2 heterocycles. The number of fused-ring (bicyclic) bond motifs is 1. The number of hydrogen-bond donors (Lipinski definition) is 2. The fourth-order valence-electron chi connectivity index (χ4n) is 3.42. The Kier molecular flexibility index (Phi) is 4.56. The highest BCUT2D eigenvalue weighted by molar-refractivity contribution is 5.84. The van der Waals surface area contributed by atoms with E-state index in [4.69, 9.17) is 0 Å². The lowest BCUT2D eigenvalue weighted by Gasteiger charge is -2.33. The molecule has 1 unspecified atom stereocenters. The molecule has 1 fully saturated rings. The number of hydrogen-bond acceptors (Lipinski definition) is 3. The number of carbonyl (C=O) groups is 1. The van der Waals surface area contributed by atoms with Gasteiger partial charge in [-0.05, 0) is 36.9 Å². The fraction of sp³-hybridized carbons (Fsp3) is 0.588. The Bertz CT molecular complexity index is 495. The second-order valence-electron chi connectivity index (χ2n) is 6.05. The Morgan fingerprint density at radius 2 is 2.10 bits per heavy atom. The molecule has 3 rings (SSSR count). The second kappa shape index (κ2) is 6.58. The van der Waals surface area contributed by atoms with Crippen LogP contribution in [0, 0.1) is 0 Å². The molecule has 1 aromatic carbocycles. The van der Waals surface area contributed by atoms with Gasteiger partial charge in [0, 0.05) is 25.7 Å². The number of likely N-dealkylation sites (tertiary alicyclic amines) is 1. The van der Waals surface area contributed by atoms with E-state index in [-0.39, 0.29) is 11.9 Å². The van der Waals surface area contributed by atoms with Crippen LogP contribution in [0.25, 0.3) is 0 Å². The first-order valence-corrected chi connectivity index (χ1v) is 8.12. The lowest BCUT2D eigenvalue weighted by atomic mass is 9.93. The summed E-state index contributed by atoms with van der Waals surface area (Å²) in [5.74, 6) is 0.136. The van der Waals surface area contributed by atoms with Crippen LogP contribution in [0.15, 0.2) is 24.3 Å². The smallest absolute Gasteiger partial charge is 0.241 e. The Hall–Kier alpha value is -1.39. The molecule has 2 aliphatic rings. The lowest BCUT2D eigenvalue weighted by molar-refractivity contribution is -0.124. The predicted molar refractivity (Wildman–Crippen MR) is 84.2 cm³/mol. The minimum Gasteiger partial charge on any atom is -0.352 e. The average Bonchev–Trinajstić information content (AvgIpc) is 2.55. The Morgan fingerprint density at radius 3 is 2.86 bits per heavy atom. The zero-order chi connectivity index (χ0) is 14.7. The minimum atomic E-state index is -0.181. The van der Waals surface area contributed by atoms with E-state index in [2.05, 4.69) is 40.7 Å². The number of piperidine rings is 1. The summed E-state index contributed by atoms with van der Waals surface area (Å²) in [6, 6.07) is 8.43. The third-order valence-corrected chi connectivity index (χ3v) is 4.75. The summed E-state index contributed by atoms with van der Waals surface area (Å²) >= 11 is 0. The maximum absolute atomic E-state index is 12.6. The van der Waals surface area contributed by atoms with E-state index in [1.54, 1.807) is 0 Å². The molecule has 0 aliphatic carbocycles. The third-order valence-electron chi connectivity index (χ3n) is 4.75. The molecule has 2 N–H and O–H groups in total. The molecule has 0 saturated carbocycles. The van der Waals surface area contributed by atoms with Gasteiger partial charge in [0.2, 0.25) is 5.91 Å². The van der Waals surface area contributed by atoms with Crippen molar-refractivity contribution in [2.75, 3.05) is 26.2 Å². The molecular formula is C17H25N3O. The van der Waals surface area contributed by atoms with Crippen LogP contribution in [0.3, 0.4) is 0 Å². The van der Waals surface area contributed by atoms with Crippen molar-refractivity contribution in [2.45, 2.75) is 38.3 Å². The maximum atomic E-state index is 12.6. The van der Waals surface area contributed by atoms with Gasteiger partial charge in [0.05, 0.1) is 0 Å². The summed E-state index contributed by atoms with van der Waals surface area (Å²) in [5, 5.41) is 6.61. The van der Waals surface area contributed by atoms with Crippen LogP contribution in [-0.2, 0) is 11.2 Å². The van der Waals surface area contributed by atoms with E-state index in [0.717, 1.165) is 51.0 Å². The lowest BCUT2D eigenvalue weighted by Crippen LogP contribution is -2.49. The molecule has 1 amide bonds. The van der Waals surface area contributed by atoms with Gasteiger partial charge in [-0.15, -0.1) is 0 Å². The summed E-state index contributed by atoms with van der Waals surface area (Å²) in [4.78, 5) is 15.0. The van der Waals surface area contributed by atoms with Crippen molar-refractivity contribution in [3.05, 3.63) is 35.4 Å². The van der Waals surface area contributed by atoms with Gasteiger partial charge in [-0.1, -0.05) is 31.2 Å². The van der Waals surface area contributed by atoms with Crippen molar-refractivity contribution in [3.63, 3.8) is 0 Å². The molecule has 1 atom stereocenters. The van der Waals surface area contributed by atoms with Crippen molar-refractivity contribution in [1.82, 2.24) is 15.5 Å². The predicted octanol–water partition coefficient (Wildman–Crippen LogP) is 1.47. The third kappa shape index (κ3) is 3.27. The molecule has 4 nitrogen and oxygen atoms in total. The zero-order valence-electron chi connectivity index (χ0n) is 12.8. The van der Waals surface area contributed by atoms with Crippen LogP contribution in [0.4, 0.5) is 0 Å². The molecule has 1 saturated heterocycles. The van der Waals surface area contributed by atoms with Gasteiger partial charge < -0.3 is 15.5 Å². The number of amides is 1.